The SMILES string of the molecule is CC1(C)c2ccccc2-c2cc(N(c3ccccc3)c3ccc(-c4ccccc4)cc3-c3ccccc3)cc(-c3ccccc3)c21. The number of rotatable bonds is 6. The quantitative estimate of drug-likeness (QED) is 0.186. The summed E-state index contributed by atoms with van der Waals surface area (Å²) in [6.07, 6.45) is 0. The predicted octanol–water partition coefficient (Wildman–Crippen LogP) is 12.5. The molecule has 0 spiro atoms. The number of hydrogen-bond donors (Lipinski definition) is 0. The molecule has 0 atom stereocenters. The highest BCUT2D eigenvalue weighted by molar-refractivity contribution is 5.96. The molecule has 0 unspecified atom stereocenters. The van der Waals surface area contributed by atoms with Crippen LogP contribution in [-0.4, -0.2) is 0 Å². The van der Waals surface area contributed by atoms with Crippen molar-refractivity contribution in [2.24, 2.45) is 0 Å². The molecule has 0 saturated heterocycles. The van der Waals surface area contributed by atoms with Crippen molar-refractivity contribution in [1.82, 2.24) is 0 Å². The molecule has 0 aromatic heterocycles. The number of anilines is 3. The molecule has 0 radical (unpaired) electrons. The summed E-state index contributed by atoms with van der Waals surface area (Å²) in [4.78, 5) is 2.44. The molecule has 0 fully saturated rings. The van der Waals surface area contributed by atoms with Crippen LogP contribution in [0, 0.1) is 0 Å². The van der Waals surface area contributed by atoms with Crippen LogP contribution in [0.15, 0.2) is 176 Å². The largest absolute Gasteiger partial charge is 0.310 e. The second kappa shape index (κ2) is 11.4. The number of para-hydroxylation sites is 1. The zero-order valence-corrected chi connectivity index (χ0v) is 26.2. The Hall–Kier alpha value is -5.66. The summed E-state index contributed by atoms with van der Waals surface area (Å²) in [6, 6.07) is 63.8. The molecule has 8 rings (SSSR count). The van der Waals surface area contributed by atoms with Gasteiger partial charge in [-0.1, -0.05) is 153 Å². The molecule has 46 heavy (non-hydrogen) atoms. The van der Waals surface area contributed by atoms with Gasteiger partial charge in [-0.25, -0.2) is 0 Å². The number of hydrogen-bond acceptors (Lipinski definition) is 1. The molecule has 0 amide bonds. The van der Waals surface area contributed by atoms with Gasteiger partial charge < -0.3 is 4.90 Å². The van der Waals surface area contributed by atoms with Crippen LogP contribution in [-0.2, 0) is 5.41 Å². The summed E-state index contributed by atoms with van der Waals surface area (Å²) in [7, 11) is 0. The summed E-state index contributed by atoms with van der Waals surface area (Å²) in [6.45, 7) is 4.74. The lowest BCUT2D eigenvalue weighted by molar-refractivity contribution is 0.662. The number of fused-ring (bicyclic) bond motifs is 3. The highest BCUT2D eigenvalue weighted by atomic mass is 15.1. The van der Waals surface area contributed by atoms with Crippen LogP contribution in [0.3, 0.4) is 0 Å². The Morgan fingerprint density at radius 3 is 1.54 bits per heavy atom. The van der Waals surface area contributed by atoms with Crippen LogP contribution in [0.2, 0.25) is 0 Å². The molecular weight excluding hydrogens is 555 g/mol. The topological polar surface area (TPSA) is 3.24 Å². The smallest absolute Gasteiger partial charge is 0.0540 e. The first-order valence-electron chi connectivity index (χ1n) is 16.0. The van der Waals surface area contributed by atoms with E-state index in [0.717, 1.165) is 17.1 Å². The third-order valence-electron chi connectivity index (χ3n) is 9.43. The van der Waals surface area contributed by atoms with E-state index in [1.54, 1.807) is 0 Å². The summed E-state index contributed by atoms with van der Waals surface area (Å²) in [5, 5.41) is 0. The Balaban J connectivity index is 1.43. The van der Waals surface area contributed by atoms with Gasteiger partial charge >= 0.3 is 0 Å². The van der Waals surface area contributed by atoms with Crippen LogP contribution < -0.4 is 4.90 Å². The molecule has 0 heterocycles. The van der Waals surface area contributed by atoms with Crippen molar-refractivity contribution in [3.05, 3.63) is 187 Å². The Labute approximate surface area is 272 Å². The number of nitrogens with zero attached hydrogens (tertiary/aromatic N) is 1. The van der Waals surface area contributed by atoms with Crippen LogP contribution >= 0.6 is 0 Å². The third kappa shape index (κ3) is 4.73. The lowest BCUT2D eigenvalue weighted by atomic mass is 9.78. The van der Waals surface area contributed by atoms with Crippen molar-refractivity contribution < 1.29 is 0 Å². The third-order valence-corrected chi connectivity index (χ3v) is 9.43. The van der Waals surface area contributed by atoms with Gasteiger partial charge in [0.25, 0.3) is 0 Å². The predicted molar refractivity (Wildman–Crippen MR) is 195 cm³/mol. The van der Waals surface area contributed by atoms with E-state index < -0.39 is 0 Å². The van der Waals surface area contributed by atoms with E-state index in [9.17, 15) is 0 Å². The fourth-order valence-electron chi connectivity index (χ4n) is 7.28. The zero-order valence-electron chi connectivity index (χ0n) is 26.2. The van der Waals surface area contributed by atoms with E-state index in [0.29, 0.717) is 0 Å². The lowest BCUT2D eigenvalue weighted by Gasteiger charge is -2.31. The Kier molecular flexibility index (Phi) is 6.88. The van der Waals surface area contributed by atoms with Crippen molar-refractivity contribution in [1.29, 1.82) is 0 Å². The maximum Gasteiger partial charge on any atom is 0.0540 e. The van der Waals surface area contributed by atoms with Gasteiger partial charge in [-0.3, -0.25) is 0 Å². The Morgan fingerprint density at radius 2 is 0.891 bits per heavy atom. The molecule has 0 bridgehead atoms. The van der Waals surface area contributed by atoms with Crippen molar-refractivity contribution >= 4 is 17.1 Å². The van der Waals surface area contributed by atoms with Crippen molar-refractivity contribution in [3.8, 4) is 44.5 Å². The van der Waals surface area contributed by atoms with Gasteiger partial charge in [0.15, 0.2) is 0 Å². The Morgan fingerprint density at radius 1 is 0.370 bits per heavy atom. The van der Waals surface area contributed by atoms with Crippen LogP contribution in [0.1, 0.15) is 25.0 Å². The molecule has 7 aromatic rings. The second-order valence-electron chi connectivity index (χ2n) is 12.6. The molecule has 220 valence electrons. The molecule has 1 nitrogen and oxygen atoms in total. The zero-order chi connectivity index (χ0) is 31.1. The van der Waals surface area contributed by atoms with Gasteiger partial charge in [0.05, 0.1) is 5.69 Å². The molecule has 0 saturated carbocycles. The second-order valence-corrected chi connectivity index (χ2v) is 12.6. The molecule has 1 heteroatoms. The highest BCUT2D eigenvalue weighted by Crippen LogP contribution is 2.55. The van der Waals surface area contributed by atoms with Gasteiger partial charge in [0, 0.05) is 22.4 Å². The number of benzene rings is 7. The minimum absolute atomic E-state index is 0.125. The maximum atomic E-state index is 2.44. The lowest BCUT2D eigenvalue weighted by Crippen LogP contribution is -2.17. The summed E-state index contributed by atoms with van der Waals surface area (Å²) >= 11 is 0. The molecule has 0 aliphatic heterocycles. The fraction of sp³-hybridized carbons (Fsp3) is 0.0667. The first kappa shape index (κ1) is 27.9. The van der Waals surface area contributed by atoms with Crippen molar-refractivity contribution in [2.75, 3.05) is 4.90 Å². The van der Waals surface area contributed by atoms with E-state index in [-0.39, 0.29) is 5.41 Å². The van der Waals surface area contributed by atoms with E-state index >= 15 is 0 Å². The van der Waals surface area contributed by atoms with Gasteiger partial charge in [0.2, 0.25) is 0 Å². The average molecular weight is 590 g/mol. The van der Waals surface area contributed by atoms with E-state index in [1.807, 2.05) is 0 Å². The van der Waals surface area contributed by atoms with Gasteiger partial charge in [-0.05, 0) is 86.5 Å². The summed E-state index contributed by atoms with van der Waals surface area (Å²) in [5.41, 5.74) is 16.0. The standard InChI is InChI=1S/C45H35N/c1-45(2)42-26-16-15-25-38(42)41-31-37(30-40(44(41)45)34-21-11-5-12-22-34)46(36-23-13-6-14-24-36)43-28-27-35(32-17-7-3-8-18-32)29-39(43)33-19-9-4-10-20-33/h3-31H,1-2H3. The molecular formula is C45H35N. The van der Waals surface area contributed by atoms with E-state index in [1.165, 1.54) is 55.6 Å². The van der Waals surface area contributed by atoms with Gasteiger partial charge in [0.1, 0.15) is 0 Å². The van der Waals surface area contributed by atoms with Crippen LogP contribution in [0.5, 0.6) is 0 Å². The van der Waals surface area contributed by atoms with Crippen LogP contribution in [0.25, 0.3) is 44.5 Å². The van der Waals surface area contributed by atoms with Crippen molar-refractivity contribution in [3.63, 3.8) is 0 Å². The fourth-order valence-corrected chi connectivity index (χ4v) is 7.28. The first-order chi connectivity index (χ1) is 22.6. The summed E-state index contributed by atoms with van der Waals surface area (Å²) in [5.74, 6) is 0. The van der Waals surface area contributed by atoms with Gasteiger partial charge in [-0.15, -0.1) is 0 Å². The molecule has 1 aliphatic rings. The molecule has 0 N–H and O–H groups in total. The van der Waals surface area contributed by atoms with E-state index in [4.69, 9.17) is 0 Å². The monoisotopic (exact) mass is 589 g/mol. The Bertz CT molecular complexity index is 2150. The normalized spacial score (nSPS) is 12.7. The summed E-state index contributed by atoms with van der Waals surface area (Å²) < 4.78 is 0. The van der Waals surface area contributed by atoms with Crippen LogP contribution in [0.4, 0.5) is 17.1 Å². The molecule has 7 aromatic carbocycles. The maximum absolute atomic E-state index is 2.44. The van der Waals surface area contributed by atoms with Crippen molar-refractivity contribution in [2.45, 2.75) is 19.3 Å². The first-order valence-corrected chi connectivity index (χ1v) is 16.0. The minimum atomic E-state index is -0.125. The minimum Gasteiger partial charge on any atom is -0.310 e. The van der Waals surface area contributed by atoms with Gasteiger partial charge in [-0.2, -0.15) is 0 Å². The molecule has 1 aliphatic carbocycles. The highest BCUT2D eigenvalue weighted by Gasteiger charge is 2.38. The van der Waals surface area contributed by atoms with E-state index in [2.05, 4.69) is 195 Å². The average Bonchev–Trinajstić information content (AvgIpc) is 3.36.